The Bertz CT molecular complexity index is 632. The summed E-state index contributed by atoms with van der Waals surface area (Å²) in [6.07, 6.45) is 25.6. The highest BCUT2D eigenvalue weighted by molar-refractivity contribution is 5.71. The lowest BCUT2D eigenvalue weighted by Gasteiger charge is -2.18. The largest absolute Gasteiger partial charge is 0.462 e. The molecule has 0 spiro atoms. The van der Waals surface area contributed by atoms with E-state index in [2.05, 4.69) is 27.7 Å². The highest BCUT2D eigenvalue weighted by Gasteiger charge is 2.19. The third-order valence-electron chi connectivity index (χ3n) is 7.79. The van der Waals surface area contributed by atoms with Gasteiger partial charge in [-0.2, -0.15) is 0 Å². The smallest absolute Gasteiger partial charge is 0.306 e. The zero-order valence-corrected chi connectivity index (χ0v) is 28.2. The Morgan fingerprint density at radius 3 is 1.17 bits per heavy atom. The second-order valence-electron chi connectivity index (χ2n) is 12.6. The van der Waals surface area contributed by atoms with Crippen LogP contribution in [0.2, 0.25) is 0 Å². The maximum atomic E-state index is 12.5. The number of carbonyl (C=O) groups is 3. The topological polar surface area (TPSA) is 78.9 Å². The molecule has 6 nitrogen and oxygen atoms in total. The highest BCUT2D eigenvalue weighted by Crippen LogP contribution is 2.14. The summed E-state index contributed by atoms with van der Waals surface area (Å²) in [7, 11) is 0. The van der Waals surface area contributed by atoms with E-state index < -0.39 is 6.10 Å². The van der Waals surface area contributed by atoms with Gasteiger partial charge < -0.3 is 14.2 Å². The van der Waals surface area contributed by atoms with E-state index in [1.54, 1.807) is 0 Å². The van der Waals surface area contributed by atoms with Crippen LogP contribution in [0.3, 0.4) is 0 Å². The second kappa shape index (κ2) is 30.9. The Morgan fingerprint density at radius 1 is 0.452 bits per heavy atom. The van der Waals surface area contributed by atoms with Gasteiger partial charge in [0.1, 0.15) is 13.2 Å². The van der Waals surface area contributed by atoms with Gasteiger partial charge in [0.2, 0.25) is 0 Å². The van der Waals surface area contributed by atoms with Crippen LogP contribution in [0, 0.1) is 5.92 Å². The van der Waals surface area contributed by atoms with Crippen LogP contribution < -0.4 is 0 Å². The van der Waals surface area contributed by atoms with E-state index in [1.807, 2.05) is 0 Å². The molecule has 0 aromatic heterocycles. The van der Waals surface area contributed by atoms with Crippen LogP contribution in [0.1, 0.15) is 188 Å². The van der Waals surface area contributed by atoms with Crippen LogP contribution in [-0.2, 0) is 28.6 Å². The maximum absolute atomic E-state index is 12.5. The molecule has 42 heavy (non-hydrogen) atoms. The molecule has 0 aromatic rings. The number of rotatable bonds is 31. The Hall–Kier alpha value is -1.59. The Morgan fingerprint density at radius 2 is 0.786 bits per heavy atom. The van der Waals surface area contributed by atoms with Crippen molar-refractivity contribution in [2.45, 2.75) is 194 Å². The van der Waals surface area contributed by atoms with Crippen molar-refractivity contribution >= 4 is 17.9 Å². The minimum Gasteiger partial charge on any atom is -0.462 e. The molecule has 248 valence electrons. The number of unbranched alkanes of at least 4 members (excludes halogenated alkanes) is 18. The highest BCUT2D eigenvalue weighted by atomic mass is 16.6. The number of esters is 3. The summed E-state index contributed by atoms with van der Waals surface area (Å²) in [6, 6.07) is 0. The average Bonchev–Trinajstić information content (AvgIpc) is 2.96. The maximum Gasteiger partial charge on any atom is 0.306 e. The van der Waals surface area contributed by atoms with E-state index in [-0.39, 0.29) is 31.1 Å². The van der Waals surface area contributed by atoms with Gasteiger partial charge in [0.25, 0.3) is 0 Å². The molecule has 6 heteroatoms. The van der Waals surface area contributed by atoms with Crippen LogP contribution in [0.4, 0.5) is 0 Å². The molecular formula is C36H68O6. The third-order valence-corrected chi connectivity index (χ3v) is 7.79. The van der Waals surface area contributed by atoms with Gasteiger partial charge in [-0.1, -0.05) is 150 Å². The number of hydrogen-bond donors (Lipinski definition) is 0. The summed E-state index contributed by atoms with van der Waals surface area (Å²) >= 11 is 0. The molecule has 0 aliphatic carbocycles. The summed E-state index contributed by atoms with van der Waals surface area (Å²) in [5, 5.41) is 0. The van der Waals surface area contributed by atoms with E-state index in [0.717, 1.165) is 70.1 Å². The summed E-state index contributed by atoms with van der Waals surface area (Å²) in [6.45, 7) is 8.78. The van der Waals surface area contributed by atoms with Crippen molar-refractivity contribution in [2.75, 3.05) is 13.2 Å². The second-order valence-corrected chi connectivity index (χ2v) is 12.6. The standard InChI is InChI=1S/C36H68O6/c1-5-7-9-11-12-13-14-15-20-24-28-35(38)41-31-33(30-40-34(37)27-23-18-10-8-6-2)42-36(39)29-25-21-17-16-19-22-26-32(3)4/h32-33H,5-31H2,1-4H3/t33-/m0/s1. The number of ether oxygens (including phenoxy) is 3. The van der Waals surface area contributed by atoms with Gasteiger partial charge in [0, 0.05) is 19.3 Å². The molecule has 0 bridgehead atoms. The first-order valence-corrected chi connectivity index (χ1v) is 17.9. The van der Waals surface area contributed by atoms with Crippen LogP contribution in [0.15, 0.2) is 0 Å². The van der Waals surface area contributed by atoms with Crippen LogP contribution >= 0.6 is 0 Å². The van der Waals surface area contributed by atoms with Crippen molar-refractivity contribution in [3.8, 4) is 0 Å². The van der Waals surface area contributed by atoms with Crippen molar-refractivity contribution in [1.29, 1.82) is 0 Å². The molecule has 0 heterocycles. The number of carbonyl (C=O) groups excluding carboxylic acids is 3. The number of hydrogen-bond acceptors (Lipinski definition) is 6. The molecule has 0 rings (SSSR count). The van der Waals surface area contributed by atoms with Crippen LogP contribution in [0.25, 0.3) is 0 Å². The molecule has 0 aliphatic rings. The quantitative estimate of drug-likeness (QED) is 0.0450. The molecule has 0 aromatic carbocycles. The van der Waals surface area contributed by atoms with Crippen LogP contribution in [-0.4, -0.2) is 37.2 Å². The van der Waals surface area contributed by atoms with E-state index >= 15 is 0 Å². The van der Waals surface area contributed by atoms with Crippen molar-refractivity contribution < 1.29 is 28.6 Å². The van der Waals surface area contributed by atoms with Gasteiger partial charge in [-0.25, -0.2) is 0 Å². The molecule has 0 radical (unpaired) electrons. The zero-order valence-electron chi connectivity index (χ0n) is 28.2. The van der Waals surface area contributed by atoms with Gasteiger partial charge in [-0.05, 0) is 25.2 Å². The third kappa shape index (κ3) is 29.9. The molecular weight excluding hydrogens is 528 g/mol. The molecule has 0 aliphatic heterocycles. The molecule has 0 amide bonds. The minimum absolute atomic E-state index is 0.0675. The SMILES string of the molecule is CCCCCCCCCCCCC(=O)OC[C@H](COC(=O)CCCCCCC)OC(=O)CCCCCCCCC(C)C. The molecule has 0 fully saturated rings. The Labute approximate surface area is 259 Å². The molecule has 0 N–H and O–H groups in total. The summed E-state index contributed by atoms with van der Waals surface area (Å²) in [5.41, 5.74) is 0. The summed E-state index contributed by atoms with van der Waals surface area (Å²) in [5.74, 6) is -0.130. The average molecular weight is 597 g/mol. The molecule has 0 saturated heterocycles. The minimum atomic E-state index is -0.755. The van der Waals surface area contributed by atoms with Crippen molar-refractivity contribution in [3.63, 3.8) is 0 Å². The van der Waals surface area contributed by atoms with E-state index in [0.29, 0.717) is 19.3 Å². The fourth-order valence-corrected chi connectivity index (χ4v) is 5.04. The monoisotopic (exact) mass is 597 g/mol. The lowest BCUT2D eigenvalue weighted by Crippen LogP contribution is -2.30. The van der Waals surface area contributed by atoms with E-state index in [4.69, 9.17) is 14.2 Å². The van der Waals surface area contributed by atoms with Gasteiger partial charge >= 0.3 is 17.9 Å². The predicted octanol–water partition coefficient (Wildman–Crippen LogP) is 10.4. The fraction of sp³-hybridized carbons (Fsp3) is 0.917. The first-order valence-electron chi connectivity index (χ1n) is 17.9. The van der Waals surface area contributed by atoms with E-state index in [1.165, 1.54) is 77.0 Å². The van der Waals surface area contributed by atoms with Crippen LogP contribution in [0.5, 0.6) is 0 Å². The predicted molar refractivity (Wildman–Crippen MR) is 173 cm³/mol. The lowest BCUT2D eigenvalue weighted by molar-refractivity contribution is -0.167. The van der Waals surface area contributed by atoms with Crippen molar-refractivity contribution in [1.82, 2.24) is 0 Å². The van der Waals surface area contributed by atoms with Gasteiger partial charge in [0.15, 0.2) is 6.10 Å². The first kappa shape index (κ1) is 40.4. The molecule has 0 unspecified atom stereocenters. The Balaban J connectivity index is 4.31. The fourth-order valence-electron chi connectivity index (χ4n) is 5.04. The Kier molecular flexibility index (Phi) is 29.7. The summed E-state index contributed by atoms with van der Waals surface area (Å²) < 4.78 is 16.4. The molecule has 1 atom stereocenters. The molecule has 0 saturated carbocycles. The zero-order chi connectivity index (χ0) is 31.1. The normalized spacial score (nSPS) is 11.9. The lowest BCUT2D eigenvalue weighted by atomic mass is 10.0. The van der Waals surface area contributed by atoms with Crippen molar-refractivity contribution in [3.05, 3.63) is 0 Å². The van der Waals surface area contributed by atoms with Gasteiger partial charge in [0.05, 0.1) is 0 Å². The van der Waals surface area contributed by atoms with E-state index in [9.17, 15) is 14.4 Å². The summed E-state index contributed by atoms with van der Waals surface area (Å²) in [4.78, 5) is 37.0. The van der Waals surface area contributed by atoms with Gasteiger partial charge in [-0.15, -0.1) is 0 Å². The van der Waals surface area contributed by atoms with Crippen molar-refractivity contribution in [2.24, 2.45) is 5.92 Å². The van der Waals surface area contributed by atoms with Gasteiger partial charge in [-0.3, -0.25) is 14.4 Å². The first-order chi connectivity index (χ1) is 20.4.